The fraction of sp³-hybridized carbons (Fsp3) is 0.143. The van der Waals surface area contributed by atoms with Crippen LogP contribution >= 0.6 is 0 Å². The fourth-order valence-corrected chi connectivity index (χ4v) is 0.775. The quantitative estimate of drug-likeness (QED) is 0.496. The smallest absolute Gasteiger partial charge is 0.294 e. The number of ether oxygens (including phenoxy) is 1. The number of nitriles is 1. The molecule has 0 bridgehead atoms. The fourth-order valence-electron chi connectivity index (χ4n) is 0.775. The highest BCUT2D eigenvalue weighted by Gasteiger charge is 2.15. The van der Waals surface area contributed by atoms with E-state index in [2.05, 4.69) is 9.72 Å². The predicted octanol–water partition coefficient (Wildman–Crippen LogP) is 0.870. The van der Waals surface area contributed by atoms with Crippen LogP contribution in [0, 0.1) is 21.4 Å². The maximum absolute atomic E-state index is 10.4. The second-order valence-corrected chi connectivity index (χ2v) is 2.11. The predicted molar refractivity (Wildman–Crippen MR) is 42.2 cm³/mol. The van der Waals surface area contributed by atoms with Gasteiger partial charge in [-0.05, 0) is 0 Å². The lowest BCUT2D eigenvalue weighted by Gasteiger charge is -1.98. The van der Waals surface area contributed by atoms with E-state index in [1.54, 1.807) is 6.07 Å². The number of aromatic nitrogens is 1. The summed E-state index contributed by atoms with van der Waals surface area (Å²) in [4.78, 5) is 13.4. The summed E-state index contributed by atoms with van der Waals surface area (Å²) in [5.41, 5.74) is -0.375. The molecule has 0 N–H and O–H groups in total. The molecular formula is C7H5N3O3. The Morgan fingerprint density at radius 1 is 1.77 bits per heavy atom. The molecular weight excluding hydrogens is 174 g/mol. The van der Waals surface area contributed by atoms with Gasteiger partial charge in [-0.15, -0.1) is 0 Å². The van der Waals surface area contributed by atoms with Crippen LogP contribution in [-0.2, 0) is 0 Å². The van der Waals surface area contributed by atoms with Crippen molar-refractivity contribution in [2.75, 3.05) is 7.11 Å². The Bertz CT molecular complexity index is 383. The zero-order valence-corrected chi connectivity index (χ0v) is 6.72. The van der Waals surface area contributed by atoms with Crippen LogP contribution in [0.15, 0.2) is 12.3 Å². The van der Waals surface area contributed by atoms with Crippen molar-refractivity contribution >= 4 is 5.69 Å². The summed E-state index contributed by atoms with van der Waals surface area (Å²) < 4.78 is 4.68. The first-order valence-electron chi connectivity index (χ1n) is 3.27. The zero-order chi connectivity index (χ0) is 9.84. The Kier molecular flexibility index (Phi) is 2.40. The van der Waals surface area contributed by atoms with Gasteiger partial charge in [0.15, 0.2) is 0 Å². The largest absolute Gasteiger partial charge is 0.481 e. The molecule has 0 aromatic carbocycles. The van der Waals surface area contributed by atoms with E-state index in [0.717, 1.165) is 12.3 Å². The molecule has 0 aliphatic rings. The second kappa shape index (κ2) is 3.49. The van der Waals surface area contributed by atoms with E-state index in [-0.39, 0.29) is 17.1 Å². The van der Waals surface area contributed by atoms with Crippen molar-refractivity contribution in [1.82, 2.24) is 4.98 Å². The van der Waals surface area contributed by atoms with Crippen LogP contribution in [0.4, 0.5) is 5.69 Å². The maximum Gasteiger partial charge on any atom is 0.294 e. The van der Waals surface area contributed by atoms with E-state index in [4.69, 9.17) is 5.26 Å². The van der Waals surface area contributed by atoms with Crippen LogP contribution < -0.4 is 4.74 Å². The molecule has 6 heteroatoms. The molecule has 0 unspecified atom stereocenters. The molecule has 0 aliphatic carbocycles. The minimum Gasteiger partial charge on any atom is -0.481 e. The third-order valence-corrected chi connectivity index (χ3v) is 1.38. The summed E-state index contributed by atoms with van der Waals surface area (Å²) in [5.74, 6) is 0.116. The number of hydrogen-bond acceptors (Lipinski definition) is 5. The van der Waals surface area contributed by atoms with Gasteiger partial charge in [-0.25, -0.2) is 4.98 Å². The summed E-state index contributed by atoms with van der Waals surface area (Å²) in [6, 6.07) is 2.78. The highest BCUT2D eigenvalue weighted by molar-refractivity contribution is 5.48. The molecule has 0 saturated carbocycles. The van der Waals surface area contributed by atoms with Gasteiger partial charge >= 0.3 is 0 Å². The summed E-state index contributed by atoms with van der Waals surface area (Å²) in [5, 5.41) is 18.9. The number of nitrogens with zero attached hydrogens (tertiary/aromatic N) is 3. The maximum atomic E-state index is 10.4. The van der Waals surface area contributed by atoms with Crippen molar-refractivity contribution in [3.05, 3.63) is 27.9 Å². The molecule has 1 rings (SSSR count). The van der Waals surface area contributed by atoms with Gasteiger partial charge < -0.3 is 4.74 Å². The minimum absolute atomic E-state index is 0.0780. The van der Waals surface area contributed by atoms with Gasteiger partial charge in [-0.3, -0.25) is 10.1 Å². The number of methoxy groups -OCH3 is 1. The van der Waals surface area contributed by atoms with Gasteiger partial charge in [0, 0.05) is 0 Å². The zero-order valence-electron chi connectivity index (χ0n) is 6.72. The summed E-state index contributed by atoms with van der Waals surface area (Å²) in [6.07, 6.45) is 1.11. The first-order chi connectivity index (χ1) is 6.19. The van der Waals surface area contributed by atoms with Gasteiger partial charge in [0.1, 0.15) is 11.6 Å². The average molecular weight is 179 g/mol. The van der Waals surface area contributed by atoms with E-state index >= 15 is 0 Å². The van der Waals surface area contributed by atoms with Gasteiger partial charge in [0.05, 0.1) is 24.3 Å². The van der Waals surface area contributed by atoms with E-state index in [9.17, 15) is 10.1 Å². The third kappa shape index (κ3) is 1.70. The Labute approximate surface area is 73.5 Å². The Morgan fingerprint density at radius 2 is 2.46 bits per heavy atom. The molecule has 66 valence electrons. The van der Waals surface area contributed by atoms with Gasteiger partial charge in [-0.2, -0.15) is 5.26 Å². The van der Waals surface area contributed by atoms with Crippen LogP contribution in [0.25, 0.3) is 0 Å². The molecule has 1 heterocycles. The second-order valence-electron chi connectivity index (χ2n) is 2.11. The molecule has 6 nitrogen and oxygen atoms in total. The van der Waals surface area contributed by atoms with Crippen LogP contribution in [0.1, 0.15) is 5.56 Å². The standard InChI is InChI=1S/C7H5N3O3/c1-13-7-2-6(10(11)12)5(3-8)4-9-7/h2,4H,1H3. The molecule has 0 atom stereocenters. The van der Waals surface area contributed by atoms with E-state index < -0.39 is 4.92 Å². The topological polar surface area (TPSA) is 89.0 Å². The molecule has 0 fully saturated rings. The van der Waals surface area contributed by atoms with Crippen molar-refractivity contribution in [3.8, 4) is 11.9 Å². The van der Waals surface area contributed by atoms with Crippen molar-refractivity contribution in [2.45, 2.75) is 0 Å². The molecule has 0 radical (unpaired) electrons. The molecule has 1 aromatic rings. The lowest BCUT2D eigenvalue weighted by atomic mass is 10.2. The van der Waals surface area contributed by atoms with Crippen molar-refractivity contribution in [2.24, 2.45) is 0 Å². The van der Waals surface area contributed by atoms with E-state index in [1.807, 2.05) is 0 Å². The number of pyridine rings is 1. The van der Waals surface area contributed by atoms with E-state index in [0.29, 0.717) is 0 Å². The Morgan fingerprint density at radius 3 is 2.92 bits per heavy atom. The lowest BCUT2D eigenvalue weighted by molar-refractivity contribution is -0.385. The minimum atomic E-state index is -0.650. The summed E-state index contributed by atoms with van der Waals surface area (Å²) >= 11 is 0. The van der Waals surface area contributed by atoms with Crippen LogP contribution in [0.3, 0.4) is 0 Å². The van der Waals surface area contributed by atoms with Crippen molar-refractivity contribution < 1.29 is 9.66 Å². The molecule has 13 heavy (non-hydrogen) atoms. The molecule has 1 aromatic heterocycles. The highest BCUT2D eigenvalue weighted by Crippen LogP contribution is 2.20. The number of nitro groups is 1. The number of hydrogen-bond donors (Lipinski definition) is 0. The molecule has 0 aliphatic heterocycles. The molecule has 0 saturated heterocycles. The molecule has 0 spiro atoms. The van der Waals surface area contributed by atoms with Gasteiger partial charge in [0.25, 0.3) is 5.69 Å². The summed E-state index contributed by atoms with van der Waals surface area (Å²) in [7, 11) is 1.35. The average Bonchev–Trinajstić information content (AvgIpc) is 2.16. The van der Waals surface area contributed by atoms with Crippen molar-refractivity contribution in [1.29, 1.82) is 5.26 Å². The highest BCUT2D eigenvalue weighted by atomic mass is 16.6. The van der Waals surface area contributed by atoms with Crippen molar-refractivity contribution in [3.63, 3.8) is 0 Å². The SMILES string of the molecule is COc1cc([N+](=O)[O-])c(C#N)cn1. The lowest BCUT2D eigenvalue weighted by Crippen LogP contribution is -1.95. The summed E-state index contributed by atoms with van der Waals surface area (Å²) in [6.45, 7) is 0. The van der Waals surface area contributed by atoms with Crippen LogP contribution in [0.2, 0.25) is 0 Å². The van der Waals surface area contributed by atoms with Gasteiger partial charge in [-0.1, -0.05) is 0 Å². The Balaban J connectivity index is 3.28. The first-order valence-corrected chi connectivity index (χ1v) is 3.27. The van der Waals surface area contributed by atoms with Gasteiger partial charge in [0.2, 0.25) is 5.88 Å². The molecule has 0 amide bonds. The van der Waals surface area contributed by atoms with E-state index in [1.165, 1.54) is 7.11 Å². The normalized spacial score (nSPS) is 8.92. The monoisotopic (exact) mass is 179 g/mol. The third-order valence-electron chi connectivity index (χ3n) is 1.38. The van der Waals surface area contributed by atoms with Crippen LogP contribution in [0.5, 0.6) is 5.88 Å². The van der Waals surface area contributed by atoms with Crippen LogP contribution in [-0.4, -0.2) is 17.0 Å². The Hall–Kier alpha value is -2.16. The first kappa shape index (κ1) is 8.93. The number of rotatable bonds is 2.